The van der Waals surface area contributed by atoms with E-state index in [1.807, 2.05) is 0 Å². The van der Waals surface area contributed by atoms with Gasteiger partial charge in [0, 0.05) is 24.0 Å². The standard InChI is InChI=1S/C11H14FN5O2S/c1-7-8(5-13-2)11(16-15-7)20(18,19)17-10-3-4-14-6-9(10)12/h3-4,6,13H,5H2,1-2H3,(H,14,17)(H,15,16). The van der Waals surface area contributed by atoms with E-state index in [0.717, 1.165) is 6.20 Å². The van der Waals surface area contributed by atoms with Gasteiger partial charge < -0.3 is 5.32 Å². The zero-order chi connectivity index (χ0) is 14.8. The topological polar surface area (TPSA) is 99.8 Å². The predicted octanol–water partition coefficient (Wildman–Crippen LogP) is 0.772. The number of anilines is 1. The van der Waals surface area contributed by atoms with Crippen molar-refractivity contribution in [2.75, 3.05) is 11.8 Å². The van der Waals surface area contributed by atoms with Crippen molar-refractivity contribution in [3.05, 3.63) is 35.5 Å². The lowest BCUT2D eigenvalue weighted by Crippen LogP contribution is -2.18. The van der Waals surface area contributed by atoms with Gasteiger partial charge in [0.1, 0.15) is 0 Å². The maximum absolute atomic E-state index is 13.5. The Kier molecular flexibility index (Phi) is 4.00. The Morgan fingerprint density at radius 3 is 2.85 bits per heavy atom. The molecule has 2 rings (SSSR count). The highest BCUT2D eigenvalue weighted by Gasteiger charge is 2.24. The summed E-state index contributed by atoms with van der Waals surface area (Å²) in [6, 6.07) is 1.24. The van der Waals surface area contributed by atoms with Crippen LogP contribution < -0.4 is 10.0 Å². The van der Waals surface area contributed by atoms with E-state index in [-0.39, 0.29) is 10.7 Å². The van der Waals surface area contributed by atoms with Gasteiger partial charge in [-0.2, -0.15) is 13.5 Å². The van der Waals surface area contributed by atoms with Gasteiger partial charge in [-0.05, 0) is 20.0 Å². The van der Waals surface area contributed by atoms with Gasteiger partial charge in [0.2, 0.25) is 5.03 Å². The number of aromatic amines is 1. The Labute approximate surface area is 115 Å². The van der Waals surface area contributed by atoms with Gasteiger partial charge in [0.25, 0.3) is 10.0 Å². The van der Waals surface area contributed by atoms with Crippen molar-refractivity contribution in [3.63, 3.8) is 0 Å². The summed E-state index contributed by atoms with van der Waals surface area (Å²) in [4.78, 5) is 3.56. The molecule has 0 amide bonds. The number of nitrogens with zero attached hydrogens (tertiary/aromatic N) is 2. The minimum absolute atomic E-state index is 0.152. The molecule has 2 aromatic rings. The fourth-order valence-electron chi connectivity index (χ4n) is 1.69. The summed E-state index contributed by atoms with van der Waals surface area (Å²) in [5.41, 5.74) is 0.973. The Morgan fingerprint density at radius 2 is 2.20 bits per heavy atom. The first-order valence-electron chi connectivity index (χ1n) is 5.76. The van der Waals surface area contributed by atoms with Gasteiger partial charge in [0.15, 0.2) is 5.82 Å². The van der Waals surface area contributed by atoms with Gasteiger partial charge in [-0.1, -0.05) is 0 Å². The highest BCUT2D eigenvalue weighted by molar-refractivity contribution is 7.92. The van der Waals surface area contributed by atoms with E-state index < -0.39 is 15.8 Å². The van der Waals surface area contributed by atoms with Gasteiger partial charge in [-0.15, -0.1) is 0 Å². The summed E-state index contributed by atoms with van der Waals surface area (Å²) < 4.78 is 40.1. The third-order valence-electron chi connectivity index (χ3n) is 2.66. The van der Waals surface area contributed by atoms with E-state index in [1.165, 1.54) is 12.3 Å². The van der Waals surface area contributed by atoms with Crippen LogP contribution in [0.4, 0.5) is 10.1 Å². The quantitative estimate of drug-likeness (QED) is 0.757. The van der Waals surface area contributed by atoms with Crippen LogP contribution in [0.5, 0.6) is 0 Å². The maximum atomic E-state index is 13.5. The zero-order valence-corrected chi connectivity index (χ0v) is 11.8. The fourth-order valence-corrected chi connectivity index (χ4v) is 2.96. The third kappa shape index (κ3) is 2.78. The Bertz CT molecular complexity index is 713. The molecule has 7 nitrogen and oxygen atoms in total. The molecule has 0 unspecified atom stereocenters. The van der Waals surface area contributed by atoms with Gasteiger partial charge >= 0.3 is 0 Å². The minimum Gasteiger partial charge on any atom is -0.316 e. The van der Waals surface area contributed by atoms with E-state index in [9.17, 15) is 12.8 Å². The molecule has 2 aromatic heterocycles. The number of hydrogen-bond acceptors (Lipinski definition) is 5. The van der Waals surface area contributed by atoms with Crippen LogP contribution in [-0.2, 0) is 16.6 Å². The lowest BCUT2D eigenvalue weighted by molar-refractivity contribution is 0.592. The van der Waals surface area contributed by atoms with Crippen LogP contribution in [0.25, 0.3) is 0 Å². The van der Waals surface area contributed by atoms with Crippen molar-refractivity contribution in [3.8, 4) is 0 Å². The van der Waals surface area contributed by atoms with Crippen molar-refractivity contribution in [2.45, 2.75) is 18.5 Å². The van der Waals surface area contributed by atoms with Crippen LogP contribution >= 0.6 is 0 Å². The monoisotopic (exact) mass is 299 g/mol. The molecule has 0 bridgehead atoms. The molecule has 108 valence electrons. The Hall–Kier alpha value is -2.00. The number of rotatable bonds is 5. The number of aromatic nitrogens is 3. The lowest BCUT2D eigenvalue weighted by Gasteiger charge is -2.08. The van der Waals surface area contributed by atoms with E-state index in [0.29, 0.717) is 17.8 Å². The van der Waals surface area contributed by atoms with Gasteiger partial charge in [-0.25, -0.2) is 4.39 Å². The van der Waals surface area contributed by atoms with Crippen LogP contribution in [0.3, 0.4) is 0 Å². The second-order valence-electron chi connectivity index (χ2n) is 4.12. The molecule has 0 spiro atoms. The smallest absolute Gasteiger partial charge is 0.281 e. The molecule has 0 aliphatic heterocycles. The molecule has 9 heteroatoms. The summed E-state index contributed by atoms with van der Waals surface area (Å²) in [6.07, 6.45) is 2.23. The van der Waals surface area contributed by atoms with Crippen LogP contribution in [0, 0.1) is 12.7 Å². The number of aryl methyl sites for hydroxylation is 1. The summed E-state index contributed by atoms with van der Waals surface area (Å²) in [6.45, 7) is 2.04. The molecule has 0 aliphatic rings. The zero-order valence-electron chi connectivity index (χ0n) is 10.9. The minimum atomic E-state index is -3.97. The molecule has 0 saturated heterocycles. The van der Waals surface area contributed by atoms with Crippen molar-refractivity contribution >= 4 is 15.7 Å². The number of halogens is 1. The average molecular weight is 299 g/mol. The molecule has 20 heavy (non-hydrogen) atoms. The third-order valence-corrected chi connectivity index (χ3v) is 4.00. The Morgan fingerprint density at radius 1 is 1.45 bits per heavy atom. The predicted molar refractivity (Wildman–Crippen MR) is 71.1 cm³/mol. The lowest BCUT2D eigenvalue weighted by atomic mass is 10.3. The summed E-state index contributed by atoms with van der Waals surface area (Å²) in [5.74, 6) is -0.751. The highest BCUT2D eigenvalue weighted by Crippen LogP contribution is 2.21. The molecule has 3 N–H and O–H groups in total. The van der Waals surface area contributed by atoms with E-state index >= 15 is 0 Å². The van der Waals surface area contributed by atoms with Crippen molar-refractivity contribution in [1.82, 2.24) is 20.5 Å². The van der Waals surface area contributed by atoms with Gasteiger partial charge in [0.05, 0.1) is 11.9 Å². The molecule has 0 radical (unpaired) electrons. The molecule has 0 atom stereocenters. The molecule has 0 aromatic carbocycles. The van der Waals surface area contributed by atoms with Crippen LogP contribution in [0.1, 0.15) is 11.3 Å². The first-order chi connectivity index (χ1) is 9.45. The van der Waals surface area contributed by atoms with E-state index in [1.54, 1.807) is 14.0 Å². The van der Waals surface area contributed by atoms with Crippen LogP contribution in [0.2, 0.25) is 0 Å². The summed E-state index contributed by atoms with van der Waals surface area (Å²) >= 11 is 0. The van der Waals surface area contributed by atoms with Crippen molar-refractivity contribution < 1.29 is 12.8 Å². The number of pyridine rings is 1. The van der Waals surface area contributed by atoms with Gasteiger partial charge in [-0.3, -0.25) is 14.8 Å². The largest absolute Gasteiger partial charge is 0.316 e. The van der Waals surface area contributed by atoms with Crippen LogP contribution in [0.15, 0.2) is 23.5 Å². The number of hydrogen-bond donors (Lipinski definition) is 3. The molecular weight excluding hydrogens is 285 g/mol. The summed E-state index contributed by atoms with van der Waals surface area (Å²) in [5, 5.41) is 9.10. The summed E-state index contributed by atoms with van der Waals surface area (Å²) in [7, 11) is -2.27. The maximum Gasteiger partial charge on any atom is 0.281 e. The van der Waals surface area contributed by atoms with Crippen molar-refractivity contribution in [1.29, 1.82) is 0 Å². The normalized spacial score (nSPS) is 11.6. The number of sulfonamides is 1. The number of nitrogens with one attached hydrogen (secondary N) is 3. The van der Waals surface area contributed by atoms with E-state index in [2.05, 4.69) is 25.2 Å². The second kappa shape index (κ2) is 5.55. The molecular formula is C11H14FN5O2S. The first kappa shape index (κ1) is 14.4. The molecule has 0 saturated carbocycles. The number of H-pyrrole nitrogens is 1. The second-order valence-corrected chi connectivity index (χ2v) is 5.72. The molecule has 0 fully saturated rings. The van der Waals surface area contributed by atoms with Crippen molar-refractivity contribution in [2.24, 2.45) is 0 Å². The fraction of sp³-hybridized carbons (Fsp3) is 0.273. The molecule has 2 heterocycles. The average Bonchev–Trinajstić information content (AvgIpc) is 2.75. The van der Waals surface area contributed by atoms with E-state index in [4.69, 9.17) is 0 Å². The Balaban J connectivity index is 2.39. The first-order valence-corrected chi connectivity index (χ1v) is 7.25. The van der Waals surface area contributed by atoms with Crippen LogP contribution in [-0.4, -0.2) is 30.6 Å². The highest BCUT2D eigenvalue weighted by atomic mass is 32.2. The SMILES string of the molecule is CNCc1c(S(=O)(=O)Nc2ccncc2F)n[nH]c1C. The molecule has 0 aliphatic carbocycles.